The summed E-state index contributed by atoms with van der Waals surface area (Å²) in [6.07, 6.45) is 3.59. The van der Waals surface area contributed by atoms with Crippen molar-refractivity contribution in [1.82, 2.24) is 0 Å². The zero-order valence-corrected chi connectivity index (χ0v) is 11.9. The Morgan fingerprint density at radius 2 is 2.11 bits per heavy atom. The Bertz CT molecular complexity index is 462. The van der Waals surface area contributed by atoms with Gasteiger partial charge >= 0.3 is 0 Å². The minimum absolute atomic E-state index is 0.0726. The number of fused-ring (bicyclic) bond motifs is 1. The number of nitrogens with zero attached hydrogens (tertiary/aromatic N) is 1. The van der Waals surface area contributed by atoms with E-state index in [2.05, 4.69) is 39.0 Å². The monoisotopic (exact) mass is 245 g/mol. The molecular weight excluding hydrogens is 222 g/mol. The second kappa shape index (κ2) is 4.75. The molecule has 18 heavy (non-hydrogen) atoms. The number of carbonyl (C=O) groups excluding carboxylic acids is 1. The number of anilines is 1. The third kappa shape index (κ3) is 2.29. The number of carbonyl (C=O) groups is 1. The molecule has 0 unspecified atom stereocenters. The van der Waals surface area contributed by atoms with Crippen molar-refractivity contribution in [2.24, 2.45) is 0 Å². The summed E-state index contributed by atoms with van der Waals surface area (Å²) < 4.78 is 0. The van der Waals surface area contributed by atoms with Crippen molar-refractivity contribution in [3.63, 3.8) is 0 Å². The largest absolute Gasteiger partial charge is 0.311 e. The highest BCUT2D eigenvalue weighted by Gasteiger charge is 2.36. The van der Waals surface area contributed by atoms with Crippen LogP contribution in [0, 0.1) is 0 Å². The van der Waals surface area contributed by atoms with E-state index in [1.54, 1.807) is 6.92 Å². The normalized spacial score (nSPS) is 16.8. The molecule has 98 valence electrons. The first kappa shape index (κ1) is 13.1. The number of rotatable bonds is 3. The van der Waals surface area contributed by atoms with Gasteiger partial charge in [0, 0.05) is 24.6 Å². The highest BCUT2D eigenvalue weighted by atomic mass is 16.2. The summed E-state index contributed by atoms with van der Waals surface area (Å²) in [5.41, 5.74) is 3.90. The average Bonchev–Trinajstić information content (AvgIpc) is 2.59. The molecule has 2 rings (SSSR count). The Morgan fingerprint density at radius 3 is 2.72 bits per heavy atom. The molecule has 1 aromatic carbocycles. The molecule has 0 N–H and O–H groups in total. The van der Waals surface area contributed by atoms with Crippen LogP contribution in [0.2, 0.25) is 0 Å². The molecular formula is C16H23NO. The van der Waals surface area contributed by atoms with Gasteiger partial charge < -0.3 is 4.90 Å². The number of unbranched alkanes of at least 4 members (excludes halogenated alkanes) is 1. The summed E-state index contributed by atoms with van der Waals surface area (Å²) in [5, 5.41) is 0. The van der Waals surface area contributed by atoms with Gasteiger partial charge in [0.15, 0.2) is 0 Å². The topological polar surface area (TPSA) is 20.3 Å². The van der Waals surface area contributed by atoms with Gasteiger partial charge in [-0.2, -0.15) is 0 Å². The lowest BCUT2D eigenvalue weighted by molar-refractivity contribution is -0.116. The summed E-state index contributed by atoms with van der Waals surface area (Å²) in [5.74, 6) is 0.142. The van der Waals surface area contributed by atoms with Crippen molar-refractivity contribution in [2.45, 2.75) is 52.4 Å². The Morgan fingerprint density at radius 1 is 1.39 bits per heavy atom. The second-order valence-electron chi connectivity index (χ2n) is 5.94. The first-order valence-electron chi connectivity index (χ1n) is 6.87. The molecule has 0 fully saturated rings. The maximum Gasteiger partial charge on any atom is 0.223 e. The van der Waals surface area contributed by atoms with Gasteiger partial charge in [-0.15, -0.1) is 0 Å². The Hall–Kier alpha value is -1.31. The highest BCUT2D eigenvalue weighted by Crippen LogP contribution is 2.41. The first-order valence-corrected chi connectivity index (χ1v) is 6.87. The number of amides is 1. The molecule has 2 nitrogen and oxygen atoms in total. The summed E-state index contributed by atoms with van der Waals surface area (Å²) in [4.78, 5) is 13.6. The zero-order valence-electron chi connectivity index (χ0n) is 11.9. The SMILES string of the molecule is CCCCc1ccc2c(c1)C(C)(C)CN2C(C)=O. The molecule has 0 aliphatic carbocycles. The van der Waals surface area contributed by atoms with Crippen molar-refractivity contribution >= 4 is 11.6 Å². The Kier molecular flexibility index (Phi) is 3.47. The fraction of sp³-hybridized carbons (Fsp3) is 0.562. The third-order valence-electron chi connectivity index (χ3n) is 3.83. The van der Waals surface area contributed by atoms with Crippen LogP contribution in [0.15, 0.2) is 18.2 Å². The predicted molar refractivity (Wildman–Crippen MR) is 76.1 cm³/mol. The standard InChI is InChI=1S/C16H23NO/c1-5-6-7-13-8-9-15-14(10-13)16(3,4)11-17(15)12(2)18/h8-10H,5-7,11H2,1-4H3. The van der Waals surface area contributed by atoms with Gasteiger partial charge in [-0.1, -0.05) is 39.3 Å². The zero-order chi connectivity index (χ0) is 13.3. The molecule has 1 aliphatic heterocycles. The molecule has 0 spiro atoms. The average molecular weight is 245 g/mol. The van der Waals surface area contributed by atoms with Crippen molar-refractivity contribution in [1.29, 1.82) is 0 Å². The van der Waals surface area contributed by atoms with E-state index >= 15 is 0 Å². The van der Waals surface area contributed by atoms with Crippen molar-refractivity contribution in [2.75, 3.05) is 11.4 Å². The molecule has 2 heteroatoms. The summed E-state index contributed by atoms with van der Waals surface area (Å²) in [6, 6.07) is 6.59. The fourth-order valence-electron chi connectivity index (χ4n) is 2.74. The molecule has 1 amide bonds. The van der Waals surface area contributed by atoms with E-state index in [1.807, 2.05) is 4.90 Å². The smallest absolute Gasteiger partial charge is 0.223 e. The van der Waals surface area contributed by atoms with Gasteiger partial charge in [0.05, 0.1) is 0 Å². The number of aryl methyl sites for hydroxylation is 1. The van der Waals surface area contributed by atoms with Gasteiger partial charge in [-0.05, 0) is 30.0 Å². The molecule has 0 saturated carbocycles. The second-order valence-corrected chi connectivity index (χ2v) is 5.94. The number of benzene rings is 1. The van der Waals surface area contributed by atoms with Crippen LogP contribution in [0.3, 0.4) is 0 Å². The molecule has 1 aliphatic rings. The fourth-order valence-corrected chi connectivity index (χ4v) is 2.74. The van der Waals surface area contributed by atoms with Crippen LogP contribution in [0.25, 0.3) is 0 Å². The quantitative estimate of drug-likeness (QED) is 0.795. The van der Waals surface area contributed by atoms with Crippen molar-refractivity contribution in [3.05, 3.63) is 29.3 Å². The predicted octanol–water partition coefficient (Wildman–Crippen LogP) is 3.67. The van der Waals surface area contributed by atoms with E-state index in [1.165, 1.54) is 24.0 Å². The van der Waals surface area contributed by atoms with Crippen LogP contribution >= 0.6 is 0 Å². The Balaban J connectivity index is 2.36. The van der Waals surface area contributed by atoms with Crippen molar-refractivity contribution in [3.8, 4) is 0 Å². The van der Waals surface area contributed by atoms with Crippen LogP contribution in [-0.2, 0) is 16.6 Å². The summed E-state index contributed by atoms with van der Waals surface area (Å²) in [6.45, 7) is 9.11. The van der Waals surface area contributed by atoms with E-state index < -0.39 is 0 Å². The third-order valence-corrected chi connectivity index (χ3v) is 3.83. The van der Waals surface area contributed by atoms with Gasteiger partial charge in [-0.25, -0.2) is 0 Å². The van der Waals surface area contributed by atoms with E-state index in [0.29, 0.717) is 0 Å². The summed E-state index contributed by atoms with van der Waals surface area (Å²) in [7, 11) is 0. The van der Waals surface area contributed by atoms with Gasteiger partial charge in [0.2, 0.25) is 5.91 Å². The van der Waals surface area contributed by atoms with E-state index in [9.17, 15) is 4.79 Å². The van der Waals surface area contributed by atoms with Crippen LogP contribution in [0.5, 0.6) is 0 Å². The highest BCUT2D eigenvalue weighted by molar-refractivity contribution is 5.94. The minimum atomic E-state index is 0.0726. The van der Waals surface area contributed by atoms with Crippen LogP contribution in [0.1, 0.15) is 51.7 Å². The lowest BCUT2D eigenvalue weighted by atomic mass is 9.85. The molecule has 1 aromatic rings. The molecule has 0 bridgehead atoms. The minimum Gasteiger partial charge on any atom is -0.311 e. The summed E-state index contributed by atoms with van der Waals surface area (Å²) >= 11 is 0. The van der Waals surface area contributed by atoms with Crippen LogP contribution in [0.4, 0.5) is 5.69 Å². The molecule has 0 radical (unpaired) electrons. The van der Waals surface area contributed by atoms with Crippen LogP contribution < -0.4 is 4.90 Å². The van der Waals surface area contributed by atoms with E-state index in [0.717, 1.165) is 18.7 Å². The maximum atomic E-state index is 11.7. The van der Waals surface area contributed by atoms with E-state index in [4.69, 9.17) is 0 Å². The van der Waals surface area contributed by atoms with Crippen molar-refractivity contribution < 1.29 is 4.79 Å². The van der Waals surface area contributed by atoms with Crippen LogP contribution in [-0.4, -0.2) is 12.5 Å². The number of hydrogen-bond acceptors (Lipinski definition) is 1. The lowest BCUT2D eigenvalue weighted by Gasteiger charge is -2.19. The van der Waals surface area contributed by atoms with Gasteiger partial charge in [-0.3, -0.25) is 4.79 Å². The first-order chi connectivity index (χ1) is 8.45. The lowest BCUT2D eigenvalue weighted by Crippen LogP contribution is -2.31. The number of hydrogen-bond donors (Lipinski definition) is 0. The van der Waals surface area contributed by atoms with Gasteiger partial charge in [0.1, 0.15) is 0 Å². The molecule has 1 heterocycles. The maximum absolute atomic E-state index is 11.7. The van der Waals surface area contributed by atoms with Gasteiger partial charge in [0.25, 0.3) is 0 Å². The molecule has 0 aromatic heterocycles. The van der Waals surface area contributed by atoms with E-state index in [-0.39, 0.29) is 11.3 Å². The molecule has 0 saturated heterocycles. The molecule has 0 atom stereocenters. The Labute approximate surface area is 110 Å².